The van der Waals surface area contributed by atoms with Crippen LogP contribution in [0.1, 0.15) is 33.2 Å². The number of ketones is 1. The van der Waals surface area contributed by atoms with Crippen LogP contribution in [-0.4, -0.2) is 28.2 Å². The van der Waals surface area contributed by atoms with Gasteiger partial charge in [0.15, 0.2) is 5.78 Å². The third-order valence-electron chi connectivity index (χ3n) is 4.56. The quantitative estimate of drug-likeness (QED) is 0.721. The predicted octanol–water partition coefficient (Wildman–Crippen LogP) is 3.63. The molecule has 0 saturated carbocycles. The van der Waals surface area contributed by atoms with E-state index in [1.165, 1.54) is 24.9 Å². The SMILES string of the molecule is CC(=O)c1cccc(NC(=O)c2cnc(N3CCc4ccccc43)nc2)c1. The largest absolute Gasteiger partial charge is 0.322 e. The third kappa shape index (κ3) is 3.42. The van der Waals surface area contributed by atoms with Gasteiger partial charge in [0.1, 0.15) is 0 Å². The van der Waals surface area contributed by atoms with E-state index in [1.54, 1.807) is 24.3 Å². The summed E-state index contributed by atoms with van der Waals surface area (Å²) < 4.78 is 0. The second kappa shape index (κ2) is 6.99. The van der Waals surface area contributed by atoms with E-state index in [9.17, 15) is 9.59 Å². The Kier molecular flexibility index (Phi) is 4.38. The molecule has 1 N–H and O–H groups in total. The van der Waals surface area contributed by atoms with Gasteiger partial charge in [-0.25, -0.2) is 9.97 Å². The second-order valence-electron chi connectivity index (χ2n) is 6.39. The first-order valence-electron chi connectivity index (χ1n) is 8.71. The molecule has 3 aromatic rings. The standard InChI is InChI=1S/C21H18N4O2/c1-14(26)16-6-4-7-18(11-16)24-20(27)17-12-22-21(23-13-17)25-10-9-15-5-2-3-8-19(15)25/h2-8,11-13H,9-10H2,1H3,(H,24,27). The number of hydrogen-bond donors (Lipinski definition) is 1. The molecule has 6 heteroatoms. The zero-order valence-corrected chi connectivity index (χ0v) is 14.8. The fourth-order valence-corrected chi connectivity index (χ4v) is 3.14. The van der Waals surface area contributed by atoms with Crippen molar-refractivity contribution in [3.8, 4) is 0 Å². The van der Waals surface area contributed by atoms with Gasteiger partial charge in [0.2, 0.25) is 5.95 Å². The Morgan fingerprint density at radius 1 is 1.00 bits per heavy atom. The zero-order valence-electron chi connectivity index (χ0n) is 14.8. The Morgan fingerprint density at radius 3 is 2.56 bits per heavy atom. The molecule has 0 unspecified atom stereocenters. The lowest BCUT2D eigenvalue weighted by molar-refractivity contribution is 0.101. The number of Topliss-reactive ketones (excluding diaryl/α,β-unsaturated/α-hetero) is 1. The van der Waals surface area contributed by atoms with Crippen LogP contribution in [0.15, 0.2) is 60.9 Å². The number of rotatable bonds is 4. The summed E-state index contributed by atoms with van der Waals surface area (Å²) in [6.45, 7) is 2.31. The topological polar surface area (TPSA) is 75.2 Å². The third-order valence-corrected chi connectivity index (χ3v) is 4.56. The molecule has 4 rings (SSSR count). The van der Waals surface area contributed by atoms with Crippen molar-refractivity contribution < 1.29 is 9.59 Å². The van der Waals surface area contributed by atoms with Gasteiger partial charge in [-0.2, -0.15) is 0 Å². The molecule has 2 aromatic carbocycles. The average molecular weight is 358 g/mol. The van der Waals surface area contributed by atoms with Crippen LogP contribution in [0.5, 0.6) is 0 Å². The van der Waals surface area contributed by atoms with Crippen LogP contribution in [0.2, 0.25) is 0 Å². The number of aromatic nitrogens is 2. The Balaban J connectivity index is 1.50. The number of hydrogen-bond acceptors (Lipinski definition) is 5. The first-order chi connectivity index (χ1) is 13.1. The lowest BCUT2D eigenvalue weighted by atomic mass is 10.1. The number of anilines is 3. The minimum absolute atomic E-state index is 0.0512. The van der Waals surface area contributed by atoms with E-state index >= 15 is 0 Å². The van der Waals surface area contributed by atoms with E-state index in [0.29, 0.717) is 22.8 Å². The maximum atomic E-state index is 12.4. The van der Waals surface area contributed by atoms with Crippen LogP contribution < -0.4 is 10.2 Å². The summed E-state index contributed by atoms with van der Waals surface area (Å²) in [5.41, 5.74) is 3.85. The molecular weight excluding hydrogens is 340 g/mol. The number of amides is 1. The van der Waals surface area contributed by atoms with Crippen molar-refractivity contribution in [3.63, 3.8) is 0 Å². The minimum atomic E-state index is -0.316. The van der Waals surface area contributed by atoms with Crippen LogP contribution in [0, 0.1) is 0 Å². The molecule has 1 aromatic heterocycles. The Morgan fingerprint density at radius 2 is 1.78 bits per heavy atom. The van der Waals surface area contributed by atoms with Gasteiger partial charge in [0.25, 0.3) is 5.91 Å². The maximum absolute atomic E-state index is 12.4. The Bertz CT molecular complexity index is 1010. The Hall–Kier alpha value is -3.54. The number of carbonyl (C=O) groups excluding carboxylic acids is 2. The first kappa shape index (κ1) is 16.9. The van der Waals surface area contributed by atoms with Gasteiger partial charge in [-0.15, -0.1) is 0 Å². The molecule has 134 valence electrons. The summed E-state index contributed by atoms with van der Waals surface area (Å²) >= 11 is 0. The van der Waals surface area contributed by atoms with E-state index in [0.717, 1.165) is 18.7 Å². The van der Waals surface area contributed by atoms with Gasteiger partial charge in [-0.05, 0) is 37.1 Å². The zero-order chi connectivity index (χ0) is 18.8. The fourth-order valence-electron chi connectivity index (χ4n) is 3.14. The highest BCUT2D eigenvalue weighted by Gasteiger charge is 2.22. The summed E-state index contributed by atoms with van der Waals surface area (Å²) in [5, 5.41) is 2.77. The molecule has 1 aliphatic rings. The molecule has 6 nitrogen and oxygen atoms in total. The molecular formula is C21H18N4O2. The number of fused-ring (bicyclic) bond motifs is 1. The van der Waals surface area contributed by atoms with Crippen molar-refractivity contribution in [1.82, 2.24) is 9.97 Å². The molecule has 1 amide bonds. The highest BCUT2D eigenvalue weighted by Crippen LogP contribution is 2.31. The molecule has 0 radical (unpaired) electrons. The molecule has 0 spiro atoms. The summed E-state index contributed by atoms with van der Waals surface area (Å²) in [4.78, 5) is 34.7. The van der Waals surface area contributed by atoms with Gasteiger partial charge < -0.3 is 10.2 Å². The van der Waals surface area contributed by atoms with Gasteiger partial charge in [0, 0.05) is 35.9 Å². The van der Waals surface area contributed by atoms with Crippen molar-refractivity contribution in [1.29, 1.82) is 0 Å². The van der Waals surface area contributed by atoms with E-state index in [1.807, 2.05) is 23.1 Å². The van der Waals surface area contributed by atoms with E-state index in [2.05, 4.69) is 21.4 Å². The monoisotopic (exact) mass is 358 g/mol. The first-order valence-corrected chi connectivity index (χ1v) is 8.71. The number of benzene rings is 2. The molecule has 27 heavy (non-hydrogen) atoms. The van der Waals surface area contributed by atoms with Crippen molar-refractivity contribution in [2.45, 2.75) is 13.3 Å². The molecule has 0 saturated heterocycles. The molecule has 2 heterocycles. The van der Waals surface area contributed by atoms with Gasteiger partial charge in [0.05, 0.1) is 5.56 Å². The van der Waals surface area contributed by atoms with Crippen molar-refractivity contribution >= 4 is 29.0 Å². The maximum Gasteiger partial charge on any atom is 0.258 e. The van der Waals surface area contributed by atoms with Crippen LogP contribution in [0.3, 0.4) is 0 Å². The molecule has 0 atom stereocenters. The number of nitrogens with one attached hydrogen (secondary N) is 1. The number of para-hydroxylation sites is 1. The molecule has 1 aliphatic heterocycles. The minimum Gasteiger partial charge on any atom is -0.322 e. The smallest absolute Gasteiger partial charge is 0.258 e. The summed E-state index contributed by atoms with van der Waals surface area (Å²) in [7, 11) is 0. The van der Waals surface area contributed by atoms with Crippen molar-refractivity contribution in [2.24, 2.45) is 0 Å². The van der Waals surface area contributed by atoms with Crippen LogP contribution in [0.4, 0.5) is 17.3 Å². The summed E-state index contributed by atoms with van der Waals surface area (Å²) in [6, 6.07) is 15.0. The Labute approximate surface area is 156 Å². The van der Waals surface area contributed by atoms with E-state index < -0.39 is 0 Å². The molecule has 0 aliphatic carbocycles. The fraction of sp³-hybridized carbons (Fsp3) is 0.143. The van der Waals surface area contributed by atoms with Crippen LogP contribution in [0.25, 0.3) is 0 Å². The lowest BCUT2D eigenvalue weighted by Crippen LogP contribution is -2.18. The highest BCUT2D eigenvalue weighted by atomic mass is 16.1. The lowest BCUT2D eigenvalue weighted by Gasteiger charge is -2.16. The van der Waals surface area contributed by atoms with Crippen LogP contribution >= 0.6 is 0 Å². The average Bonchev–Trinajstić information content (AvgIpc) is 3.12. The summed E-state index contributed by atoms with van der Waals surface area (Å²) in [6.07, 6.45) is 4.00. The highest BCUT2D eigenvalue weighted by molar-refractivity contribution is 6.04. The van der Waals surface area contributed by atoms with Crippen LogP contribution in [-0.2, 0) is 6.42 Å². The summed E-state index contributed by atoms with van der Waals surface area (Å²) in [5.74, 6) is 0.212. The van der Waals surface area contributed by atoms with Gasteiger partial charge in [-0.1, -0.05) is 30.3 Å². The van der Waals surface area contributed by atoms with E-state index in [-0.39, 0.29) is 11.7 Å². The molecule has 0 fully saturated rings. The number of nitrogens with zero attached hydrogens (tertiary/aromatic N) is 3. The van der Waals surface area contributed by atoms with Gasteiger partial charge >= 0.3 is 0 Å². The predicted molar refractivity (Wildman–Crippen MR) is 104 cm³/mol. The van der Waals surface area contributed by atoms with Crippen molar-refractivity contribution in [3.05, 3.63) is 77.6 Å². The normalized spacial score (nSPS) is 12.6. The van der Waals surface area contributed by atoms with Gasteiger partial charge in [-0.3, -0.25) is 9.59 Å². The number of carbonyl (C=O) groups is 2. The van der Waals surface area contributed by atoms with Crippen molar-refractivity contribution in [2.75, 3.05) is 16.8 Å². The molecule has 0 bridgehead atoms. The second-order valence-corrected chi connectivity index (χ2v) is 6.39. The van der Waals surface area contributed by atoms with E-state index in [4.69, 9.17) is 0 Å².